The fraction of sp³-hybridized carbons (Fsp3) is 0.250. The van der Waals surface area contributed by atoms with Gasteiger partial charge in [0.2, 0.25) is 5.13 Å². The van der Waals surface area contributed by atoms with Crippen LogP contribution in [0.25, 0.3) is 27.5 Å². The molecular weight excluding hydrogens is 445 g/mol. The SMILES string of the molecule is Cc1nn(-c2nc(-c3ccc(Cl)c(Cl)c3)c(SC(C)C)s2)cc1-c1cnn(C)c1. The van der Waals surface area contributed by atoms with Gasteiger partial charge in [-0.15, -0.1) is 11.8 Å². The topological polar surface area (TPSA) is 48.5 Å². The van der Waals surface area contributed by atoms with Crippen LogP contribution in [0.5, 0.6) is 0 Å². The highest BCUT2D eigenvalue weighted by Crippen LogP contribution is 2.41. The molecule has 5 nitrogen and oxygen atoms in total. The number of thiazole rings is 1. The number of thioether (sulfide) groups is 1. The Bertz CT molecular complexity index is 1180. The molecule has 0 spiro atoms. The van der Waals surface area contributed by atoms with Crippen molar-refractivity contribution in [1.29, 1.82) is 0 Å². The Kier molecular flexibility index (Phi) is 5.75. The van der Waals surface area contributed by atoms with Gasteiger partial charge in [-0.05, 0) is 19.1 Å². The standard InChI is InChI=1S/C20H19Cl2N5S2/c1-11(2)28-19-18(13-5-6-16(21)17(22)7-13)24-20(29-19)27-10-15(12(3)25-27)14-8-23-26(4)9-14/h5-11H,1-4H3. The molecule has 1 aromatic carbocycles. The predicted molar refractivity (Wildman–Crippen MR) is 123 cm³/mol. The molecule has 0 N–H and O–H groups in total. The lowest BCUT2D eigenvalue weighted by molar-refractivity contribution is 0.768. The fourth-order valence-corrected chi connectivity index (χ4v) is 5.66. The summed E-state index contributed by atoms with van der Waals surface area (Å²) in [4.78, 5) is 4.90. The van der Waals surface area contributed by atoms with Crippen LogP contribution in [0.1, 0.15) is 19.5 Å². The third kappa shape index (κ3) is 4.23. The highest BCUT2D eigenvalue weighted by atomic mass is 35.5. The summed E-state index contributed by atoms with van der Waals surface area (Å²) in [6.45, 7) is 6.33. The van der Waals surface area contributed by atoms with Gasteiger partial charge in [0, 0.05) is 41.4 Å². The van der Waals surface area contributed by atoms with Gasteiger partial charge in [0.25, 0.3) is 0 Å². The molecule has 3 aromatic heterocycles. The first-order valence-corrected chi connectivity index (χ1v) is 11.5. The number of aryl methyl sites for hydroxylation is 2. The third-order valence-electron chi connectivity index (χ3n) is 4.23. The maximum atomic E-state index is 6.25. The van der Waals surface area contributed by atoms with Gasteiger partial charge in [-0.25, -0.2) is 9.67 Å². The van der Waals surface area contributed by atoms with E-state index in [2.05, 4.69) is 18.9 Å². The Labute approximate surface area is 187 Å². The zero-order valence-corrected chi connectivity index (χ0v) is 19.5. The number of rotatable bonds is 5. The van der Waals surface area contributed by atoms with Gasteiger partial charge in [0.1, 0.15) is 0 Å². The summed E-state index contributed by atoms with van der Waals surface area (Å²) in [5.41, 5.74) is 4.86. The van der Waals surface area contributed by atoms with E-state index in [1.54, 1.807) is 33.8 Å². The van der Waals surface area contributed by atoms with Crippen molar-refractivity contribution in [1.82, 2.24) is 24.5 Å². The Morgan fingerprint density at radius 2 is 1.90 bits per heavy atom. The maximum absolute atomic E-state index is 6.25. The summed E-state index contributed by atoms with van der Waals surface area (Å²) < 4.78 is 4.76. The number of benzene rings is 1. The zero-order chi connectivity index (χ0) is 20.7. The second-order valence-electron chi connectivity index (χ2n) is 6.90. The van der Waals surface area contributed by atoms with Crippen molar-refractivity contribution in [3.8, 4) is 27.5 Å². The van der Waals surface area contributed by atoms with Gasteiger partial charge >= 0.3 is 0 Å². The molecule has 0 aliphatic carbocycles. The summed E-state index contributed by atoms with van der Waals surface area (Å²) in [5, 5.41) is 11.3. The van der Waals surface area contributed by atoms with E-state index in [0.29, 0.717) is 15.3 Å². The average molecular weight is 464 g/mol. The molecule has 0 atom stereocenters. The summed E-state index contributed by atoms with van der Waals surface area (Å²) >= 11 is 15.8. The molecule has 0 fully saturated rings. The van der Waals surface area contributed by atoms with Crippen LogP contribution in [0.3, 0.4) is 0 Å². The van der Waals surface area contributed by atoms with Crippen molar-refractivity contribution >= 4 is 46.3 Å². The lowest BCUT2D eigenvalue weighted by Crippen LogP contribution is -1.94. The first kappa shape index (κ1) is 20.5. The van der Waals surface area contributed by atoms with E-state index in [4.69, 9.17) is 33.3 Å². The minimum absolute atomic E-state index is 0.426. The molecule has 4 aromatic rings. The number of nitrogens with zero attached hydrogens (tertiary/aromatic N) is 5. The van der Waals surface area contributed by atoms with Gasteiger partial charge in [-0.2, -0.15) is 10.2 Å². The number of hydrogen-bond donors (Lipinski definition) is 0. The Hall–Kier alpha value is -1.80. The molecular formula is C20H19Cl2N5S2. The normalized spacial score (nSPS) is 11.6. The van der Waals surface area contributed by atoms with Crippen LogP contribution in [-0.2, 0) is 7.05 Å². The smallest absolute Gasteiger partial charge is 0.211 e. The van der Waals surface area contributed by atoms with E-state index in [0.717, 1.165) is 37.4 Å². The van der Waals surface area contributed by atoms with E-state index in [-0.39, 0.29) is 0 Å². The van der Waals surface area contributed by atoms with Gasteiger partial charge in [0.15, 0.2) is 0 Å². The Morgan fingerprint density at radius 1 is 1.10 bits per heavy atom. The molecule has 0 saturated heterocycles. The minimum Gasteiger partial charge on any atom is -0.275 e. The van der Waals surface area contributed by atoms with Crippen molar-refractivity contribution in [2.24, 2.45) is 7.05 Å². The minimum atomic E-state index is 0.426. The highest BCUT2D eigenvalue weighted by Gasteiger charge is 2.19. The first-order valence-electron chi connectivity index (χ1n) is 9.00. The largest absolute Gasteiger partial charge is 0.275 e. The van der Waals surface area contributed by atoms with E-state index in [1.165, 1.54) is 0 Å². The Morgan fingerprint density at radius 3 is 2.55 bits per heavy atom. The summed E-state index contributed by atoms with van der Waals surface area (Å²) in [5.74, 6) is 0. The molecule has 4 rings (SSSR count). The van der Waals surface area contributed by atoms with Crippen LogP contribution in [0.15, 0.2) is 41.0 Å². The second-order valence-corrected chi connectivity index (χ2v) is 10.5. The van der Waals surface area contributed by atoms with Crippen LogP contribution in [-0.4, -0.2) is 29.8 Å². The Balaban J connectivity index is 1.79. The molecule has 0 unspecified atom stereocenters. The van der Waals surface area contributed by atoms with E-state index in [9.17, 15) is 0 Å². The molecule has 0 radical (unpaired) electrons. The van der Waals surface area contributed by atoms with Crippen LogP contribution in [0.4, 0.5) is 0 Å². The van der Waals surface area contributed by atoms with Crippen LogP contribution in [0, 0.1) is 6.92 Å². The molecule has 0 aliphatic rings. The maximum Gasteiger partial charge on any atom is 0.211 e. The van der Waals surface area contributed by atoms with Crippen molar-refractivity contribution in [2.45, 2.75) is 30.2 Å². The average Bonchev–Trinajstić information content (AvgIpc) is 3.35. The molecule has 3 heterocycles. The van der Waals surface area contributed by atoms with Gasteiger partial charge in [-0.3, -0.25) is 4.68 Å². The van der Waals surface area contributed by atoms with E-state index < -0.39 is 0 Å². The summed E-state index contributed by atoms with van der Waals surface area (Å²) in [6.07, 6.45) is 5.84. The van der Waals surface area contributed by atoms with Crippen LogP contribution >= 0.6 is 46.3 Å². The van der Waals surface area contributed by atoms with Crippen molar-refractivity contribution in [3.05, 3.63) is 52.5 Å². The second kappa shape index (κ2) is 8.14. The first-order chi connectivity index (χ1) is 13.8. The highest BCUT2D eigenvalue weighted by molar-refractivity contribution is 8.01. The van der Waals surface area contributed by atoms with Crippen molar-refractivity contribution in [2.75, 3.05) is 0 Å². The molecule has 0 bridgehead atoms. The van der Waals surface area contributed by atoms with Crippen LogP contribution in [0.2, 0.25) is 10.0 Å². The van der Waals surface area contributed by atoms with Gasteiger partial charge < -0.3 is 0 Å². The summed E-state index contributed by atoms with van der Waals surface area (Å²) in [6, 6.07) is 5.62. The van der Waals surface area contributed by atoms with Gasteiger partial charge in [0.05, 0.1) is 31.8 Å². The molecule has 29 heavy (non-hydrogen) atoms. The molecule has 9 heteroatoms. The van der Waals surface area contributed by atoms with Crippen molar-refractivity contribution < 1.29 is 0 Å². The van der Waals surface area contributed by atoms with E-state index >= 15 is 0 Å². The molecule has 0 aliphatic heterocycles. The lowest BCUT2D eigenvalue weighted by Gasteiger charge is -2.05. The molecule has 0 amide bonds. The number of aromatic nitrogens is 5. The molecule has 0 saturated carbocycles. The monoisotopic (exact) mass is 463 g/mol. The van der Waals surface area contributed by atoms with E-state index in [1.807, 2.05) is 49.4 Å². The molecule has 150 valence electrons. The zero-order valence-electron chi connectivity index (χ0n) is 16.3. The van der Waals surface area contributed by atoms with Gasteiger partial charge in [-0.1, -0.05) is 54.5 Å². The van der Waals surface area contributed by atoms with Crippen molar-refractivity contribution in [3.63, 3.8) is 0 Å². The number of halogens is 2. The van der Waals surface area contributed by atoms with Crippen LogP contribution < -0.4 is 0 Å². The predicted octanol–water partition coefficient (Wildman–Crippen LogP) is 6.51. The lowest BCUT2D eigenvalue weighted by atomic mass is 10.1. The quantitative estimate of drug-likeness (QED) is 0.316. The summed E-state index contributed by atoms with van der Waals surface area (Å²) in [7, 11) is 1.91. The number of hydrogen-bond acceptors (Lipinski definition) is 5. The fourth-order valence-electron chi connectivity index (χ4n) is 2.91. The third-order valence-corrected chi connectivity index (χ3v) is 7.23.